The predicted octanol–water partition coefficient (Wildman–Crippen LogP) is -0.929. The van der Waals surface area contributed by atoms with Crippen molar-refractivity contribution in [1.29, 1.82) is 0 Å². The van der Waals surface area contributed by atoms with E-state index in [2.05, 4.69) is 10.6 Å². The van der Waals surface area contributed by atoms with Gasteiger partial charge in [-0.1, -0.05) is 0 Å². The average molecular weight is 147 g/mol. The van der Waals surface area contributed by atoms with E-state index in [0.717, 1.165) is 0 Å². The van der Waals surface area contributed by atoms with Gasteiger partial charge >= 0.3 is 0 Å². The van der Waals surface area contributed by atoms with Crippen LogP contribution in [0.2, 0.25) is 0 Å². The van der Waals surface area contributed by atoms with Crippen molar-refractivity contribution < 1.29 is 4.92 Å². The van der Waals surface area contributed by atoms with Gasteiger partial charge in [-0.3, -0.25) is 10.1 Å². The zero-order valence-electron chi connectivity index (χ0n) is 6.26. The monoisotopic (exact) mass is 147 g/mol. The number of hydrogen-bond donors (Lipinski definition) is 2. The van der Waals surface area contributed by atoms with Crippen molar-refractivity contribution in [3.05, 3.63) is 10.1 Å². The Kier molecular flexibility index (Phi) is 4.78. The van der Waals surface area contributed by atoms with E-state index < -0.39 is 6.04 Å². The molecule has 0 fully saturated rings. The number of rotatable bonds is 5. The Morgan fingerprint density at radius 3 is 2.00 bits per heavy atom. The molecule has 2 N–H and O–H groups in total. The third-order valence-electron chi connectivity index (χ3n) is 1.18. The van der Waals surface area contributed by atoms with Crippen molar-refractivity contribution in [3.8, 4) is 0 Å². The minimum Gasteiger partial charge on any atom is -0.314 e. The third kappa shape index (κ3) is 3.37. The first-order valence-electron chi connectivity index (χ1n) is 3.15. The lowest BCUT2D eigenvalue weighted by atomic mass is 10.3. The Bertz CT molecular complexity index is 101. The topological polar surface area (TPSA) is 67.2 Å². The summed E-state index contributed by atoms with van der Waals surface area (Å²) in [7, 11) is 3.40. The van der Waals surface area contributed by atoms with Crippen LogP contribution in [0.4, 0.5) is 0 Å². The minimum atomic E-state index is -0.519. The molecular weight excluding hydrogens is 134 g/mol. The molecule has 0 aromatic rings. The molecule has 0 saturated heterocycles. The molecule has 5 heteroatoms. The zero-order valence-corrected chi connectivity index (χ0v) is 6.26. The second kappa shape index (κ2) is 5.13. The van der Waals surface area contributed by atoms with Gasteiger partial charge in [0, 0.05) is 4.92 Å². The van der Waals surface area contributed by atoms with Crippen LogP contribution in [-0.4, -0.2) is 38.2 Å². The highest BCUT2D eigenvalue weighted by Crippen LogP contribution is 1.84. The normalized spacial score (nSPS) is 10.3. The van der Waals surface area contributed by atoms with Crippen LogP contribution < -0.4 is 10.6 Å². The first kappa shape index (κ1) is 9.32. The maximum absolute atomic E-state index is 10.2. The van der Waals surface area contributed by atoms with Crippen molar-refractivity contribution in [2.45, 2.75) is 6.04 Å². The lowest BCUT2D eigenvalue weighted by molar-refractivity contribution is -0.518. The summed E-state index contributed by atoms with van der Waals surface area (Å²) in [6.07, 6.45) is 0. The molecule has 10 heavy (non-hydrogen) atoms. The van der Waals surface area contributed by atoms with Gasteiger partial charge in [-0.15, -0.1) is 0 Å². The number of nitrogens with one attached hydrogen (secondary N) is 2. The Hall–Kier alpha value is -0.680. The number of nitro groups is 1. The Labute approximate surface area is 60.0 Å². The van der Waals surface area contributed by atoms with Crippen LogP contribution in [0, 0.1) is 10.1 Å². The molecular formula is C5H13N3O2. The molecule has 0 saturated carbocycles. The van der Waals surface area contributed by atoms with E-state index in [1.165, 1.54) is 0 Å². The molecule has 60 valence electrons. The Morgan fingerprint density at radius 2 is 1.80 bits per heavy atom. The lowest BCUT2D eigenvalue weighted by Gasteiger charge is -2.06. The first-order valence-corrected chi connectivity index (χ1v) is 3.15. The maximum atomic E-state index is 10.2. The molecule has 0 rings (SSSR count). The van der Waals surface area contributed by atoms with E-state index in [1.54, 1.807) is 14.1 Å². The smallest absolute Gasteiger partial charge is 0.237 e. The number of likely N-dealkylation sites (N-methyl/N-ethyl adjacent to an activating group) is 2. The number of nitrogens with zero attached hydrogens (tertiary/aromatic N) is 1. The Morgan fingerprint density at radius 1 is 1.40 bits per heavy atom. The number of hydrogen-bond acceptors (Lipinski definition) is 4. The molecule has 0 aromatic carbocycles. The maximum Gasteiger partial charge on any atom is 0.237 e. The fourth-order valence-electron chi connectivity index (χ4n) is 0.692. The Balaban J connectivity index is 3.61. The second-order valence-corrected chi connectivity index (χ2v) is 2.05. The SMILES string of the molecule is CNCC(CNC)[N+](=O)[O-]. The summed E-state index contributed by atoms with van der Waals surface area (Å²) < 4.78 is 0. The summed E-state index contributed by atoms with van der Waals surface area (Å²) >= 11 is 0. The van der Waals surface area contributed by atoms with Gasteiger partial charge in [0.25, 0.3) is 0 Å². The zero-order chi connectivity index (χ0) is 7.98. The van der Waals surface area contributed by atoms with Crippen LogP contribution in [0.5, 0.6) is 0 Å². The van der Waals surface area contributed by atoms with E-state index in [0.29, 0.717) is 13.1 Å². The van der Waals surface area contributed by atoms with Gasteiger partial charge in [0.15, 0.2) is 0 Å². The highest BCUT2D eigenvalue weighted by Gasteiger charge is 2.16. The van der Waals surface area contributed by atoms with Gasteiger partial charge in [0.1, 0.15) is 0 Å². The van der Waals surface area contributed by atoms with Crippen LogP contribution in [0.3, 0.4) is 0 Å². The molecule has 0 amide bonds. The van der Waals surface area contributed by atoms with Crippen LogP contribution in [0.15, 0.2) is 0 Å². The van der Waals surface area contributed by atoms with Crippen LogP contribution >= 0.6 is 0 Å². The molecule has 0 aromatic heterocycles. The molecule has 0 unspecified atom stereocenters. The fourth-order valence-corrected chi connectivity index (χ4v) is 0.692. The first-order chi connectivity index (χ1) is 4.72. The lowest BCUT2D eigenvalue weighted by Crippen LogP contribution is -2.38. The largest absolute Gasteiger partial charge is 0.314 e. The van der Waals surface area contributed by atoms with Crippen molar-refractivity contribution in [3.63, 3.8) is 0 Å². The summed E-state index contributed by atoms with van der Waals surface area (Å²) in [6.45, 7) is 0.821. The average Bonchev–Trinajstić information content (AvgIpc) is 1.87. The second-order valence-electron chi connectivity index (χ2n) is 2.05. The molecule has 0 aliphatic carbocycles. The summed E-state index contributed by atoms with van der Waals surface area (Å²) in [5.74, 6) is 0. The van der Waals surface area contributed by atoms with Crippen molar-refractivity contribution >= 4 is 0 Å². The minimum absolute atomic E-state index is 0.285. The van der Waals surface area contributed by atoms with Crippen molar-refractivity contribution in [1.82, 2.24) is 10.6 Å². The van der Waals surface area contributed by atoms with Crippen molar-refractivity contribution in [2.24, 2.45) is 0 Å². The highest BCUT2D eigenvalue weighted by atomic mass is 16.6. The quantitative estimate of drug-likeness (QED) is 0.389. The van der Waals surface area contributed by atoms with Gasteiger partial charge in [0.05, 0.1) is 13.1 Å². The van der Waals surface area contributed by atoms with E-state index in [-0.39, 0.29) is 4.92 Å². The van der Waals surface area contributed by atoms with Crippen molar-refractivity contribution in [2.75, 3.05) is 27.2 Å². The summed E-state index contributed by atoms with van der Waals surface area (Å²) in [5.41, 5.74) is 0. The van der Waals surface area contributed by atoms with Gasteiger partial charge in [-0.25, -0.2) is 0 Å². The summed E-state index contributed by atoms with van der Waals surface area (Å²) in [5, 5.41) is 15.7. The van der Waals surface area contributed by atoms with Crippen LogP contribution in [0.1, 0.15) is 0 Å². The molecule has 0 atom stereocenters. The molecule has 0 heterocycles. The highest BCUT2D eigenvalue weighted by molar-refractivity contribution is 4.59. The van der Waals surface area contributed by atoms with E-state index in [4.69, 9.17) is 0 Å². The van der Waals surface area contributed by atoms with Crippen LogP contribution in [0.25, 0.3) is 0 Å². The standard InChI is InChI=1S/C5H13N3O2/c1-6-3-5(4-7-2)8(9)10/h5-7H,3-4H2,1-2H3. The molecule has 0 aliphatic heterocycles. The van der Waals surface area contributed by atoms with Gasteiger partial charge in [-0.05, 0) is 14.1 Å². The van der Waals surface area contributed by atoms with E-state index in [9.17, 15) is 10.1 Å². The third-order valence-corrected chi connectivity index (χ3v) is 1.18. The molecule has 0 radical (unpaired) electrons. The van der Waals surface area contributed by atoms with E-state index in [1.807, 2.05) is 0 Å². The molecule has 0 aliphatic rings. The van der Waals surface area contributed by atoms with Gasteiger partial charge in [-0.2, -0.15) is 0 Å². The molecule has 0 bridgehead atoms. The fraction of sp³-hybridized carbons (Fsp3) is 1.00. The van der Waals surface area contributed by atoms with Crippen LogP contribution in [-0.2, 0) is 0 Å². The summed E-state index contributed by atoms with van der Waals surface area (Å²) in [4.78, 5) is 9.92. The molecule has 0 spiro atoms. The van der Waals surface area contributed by atoms with Gasteiger partial charge < -0.3 is 10.6 Å². The summed E-state index contributed by atoms with van der Waals surface area (Å²) in [6, 6.07) is -0.519. The van der Waals surface area contributed by atoms with Gasteiger partial charge in [0.2, 0.25) is 6.04 Å². The predicted molar refractivity (Wildman–Crippen MR) is 38.6 cm³/mol. The van der Waals surface area contributed by atoms with E-state index >= 15 is 0 Å². The molecule has 5 nitrogen and oxygen atoms in total.